The average molecular weight is 182 g/mol. The molecular weight excluding hydrogens is 160 g/mol. The van der Waals surface area contributed by atoms with Gasteiger partial charge in [-0.3, -0.25) is 4.79 Å². The van der Waals surface area contributed by atoms with Crippen molar-refractivity contribution >= 4 is 5.78 Å². The molecule has 0 aromatic rings. The Morgan fingerprint density at radius 2 is 1.85 bits per heavy atom. The normalized spacial score (nSPS) is 20.9. The Bertz CT molecular complexity index is 176. The Morgan fingerprint density at radius 1 is 1.31 bits per heavy atom. The van der Waals surface area contributed by atoms with Crippen molar-refractivity contribution in [1.82, 2.24) is 0 Å². The maximum Gasteiger partial charge on any atom is 0.135 e. The minimum atomic E-state index is 0.226. The number of hydrogen-bond donors (Lipinski definition) is 0. The topological polar surface area (TPSA) is 17.1 Å². The second-order valence-electron chi connectivity index (χ2n) is 4.86. The Morgan fingerprint density at radius 3 is 2.23 bits per heavy atom. The maximum absolute atomic E-state index is 11.7. The fourth-order valence-electron chi connectivity index (χ4n) is 2.35. The molecule has 0 aromatic carbocycles. The zero-order valence-corrected chi connectivity index (χ0v) is 9.23. The highest BCUT2D eigenvalue weighted by molar-refractivity contribution is 5.81. The predicted molar refractivity (Wildman–Crippen MR) is 55.7 cm³/mol. The molecule has 0 radical (unpaired) electrons. The second-order valence-corrected chi connectivity index (χ2v) is 4.86. The minimum absolute atomic E-state index is 0.226. The van der Waals surface area contributed by atoms with Crippen LogP contribution in [0.3, 0.4) is 0 Å². The van der Waals surface area contributed by atoms with E-state index in [0.29, 0.717) is 11.2 Å². The van der Waals surface area contributed by atoms with Gasteiger partial charge in [0.1, 0.15) is 5.78 Å². The molecule has 0 aromatic heterocycles. The molecule has 76 valence electrons. The van der Waals surface area contributed by atoms with Gasteiger partial charge in [0.15, 0.2) is 0 Å². The van der Waals surface area contributed by atoms with E-state index in [2.05, 4.69) is 6.92 Å². The molecule has 0 heterocycles. The number of carbonyl (C=O) groups excluding carboxylic acids is 1. The summed E-state index contributed by atoms with van der Waals surface area (Å²) in [4.78, 5) is 11.7. The van der Waals surface area contributed by atoms with E-state index in [4.69, 9.17) is 0 Å². The highest BCUT2D eigenvalue weighted by atomic mass is 16.1. The molecule has 1 rings (SSSR count). The molecule has 1 aliphatic carbocycles. The molecule has 0 N–H and O–H groups in total. The zero-order valence-electron chi connectivity index (χ0n) is 9.23. The van der Waals surface area contributed by atoms with Gasteiger partial charge >= 0.3 is 0 Å². The summed E-state index contributed by atoms with van der Waals surface area (Å²) in [5.74, 6) is 0.688. The van der Waals surface area contributed by atoms with E-state index < -0.39 is 0 Å². The summed E-state index contributed by atoms with van der Waals surface area (Å²) in [5, 5.41) is 0. The van der Waals surface area contributed by atoms with Gasteiger partial charge in [-0.15, -0.1) is 0 Å². The largest absolute Gasteiger partial charge is 0.299 e. The van der Waals surface area contributed by atoms with Crippen LogP contribution in [0.1, 0.15) is 59.3 Å². The zero-order chi connectivity index (χ0) is 9.90. The van der Waals surface area contributed by atoms with Crippen LogP contribution in [0.4, 0.5) is 0 Å². The van der Waals surface area contributed by atoms with Crippen LogP contribution in [0.2, 0.25) is 0 Å². The van der Waals surface area contributed by atoms with Crippen LogP contribution in [-0.4, -0.2) is 5.78 Å². The molecule has 0 aliphatic heterocycles. The summed E-state index contributed by atoms with van der Waals surface area (Å²) in [6, 6.07) is 0. The summed E-state index contributed by atoms with van der Waals surface area (Å²) in [7, 11) is 0. The second kappa shape index (κ2) is 4.26. The lowest BCUT2D eigenvalue weighted by molar-refractivity contribution is -0.124. The van der Waals surface area contributed by atoms with Crippen LogP contribution >= 0.6 is 0 Å². The first-order chi connectivity index (χ1) is 6.09. The van der Waals surface area contributed by atoms with Gasteiger partial charge in [-0.05, 0) is 18.3 Å². The lowest BCUT2D eigenvalue weighted by Gasteiger charge is -2.27. The van der Waals surface area contributed by atoms with Gasteiger partial charge in [0.2, 0.25) is 0 Å². The first kappa shape index (κ1) is 10.7. The molecular formula is C12H22O. The predicted octanol–water partition coefficient (Wildman–Crippen LogP) is 3.57. The Balaban J connectivity index is 2.53. The van der Waals surface area contributed by atoms with E-state index in [0.717, 1.165) is 6.42 Å². The molecule has 0 bridgehead atoms. The van der Waals surface area contributed by atoms with Gasteiger partial charge in [-0.1, -0.05) is 40.0 Å². The number of Topliss-reactive ketones (excluding diaryl/α,β-unsaturated/α-hetero) is 1. The van der Waals surface area contributed by atoms with E-state index in [1.165, 1.54) is 32.1 Å². The van der Waals surface area contributed by atoms with Crippen molar-refractivity contribution in [1.29, 1.82) is 0 Å². The van der Waals surface area contributed by atoms with Crippen LogP contribution in [0.5, 0.6) is 0 Å². The smallest absolute Gasteiger partial charge is 0.135 e. The molecule has 1 heteroatoms. The highest BCUT2D eigenvalue weighted by Crippen LogP contribution is 2.44. The molecule has 13 heavy (non-hydrogen) atoms. The Kier molecular flexibility index (Phi) is 3.52. The fourth-order valence-corrected chi connectivity index (χ4v) is 2.35. The van der Waals surface area contributed by atoms with Crippen molar-refractivity contribution in [2.45, 2.75) is 59.3 Å². The average Bonchev–Trinajstić information content (AvgIpc) is 2.54. The maximum atomic E-state index is 11.7. The Labute approximate surface area is 81.9 Å². The van der Waals surface area contributed by atoms with Crippen LogP contribution in [0.25, 0.3) is 0 Å². The standard InChI is InChI=1S/C12H22O/c1-4-12(7-5-6-8-12)9-11(13)10(2)3/h10H,4-9H2,1-3H3. The summed E-state index contributed by atoms with van der Waals surface area (Å²) in [6.07, 6.45) is 7.25. The van der Waals surface area contributed by atoms with Gasteiger partial charge in [0.05, 0.1) is 0 Å². The van der Waals surface area contributed by atoms with E-state index in [1.807, 2.05) is 13.8 Å². The van der Waals surface area contributed by atoms with Crippen molar-refractivity contribution < 1.29 is 4.79 Å². The minimum Gasteiger partial charge on any atom is -0.299 e. The summed E-state index contributed by atoms with van der Waals surface area (Å²) in [6.45, 7) is 6.26. The number of ketones is 1. The lowest BCUT2D eigenvalue weighted by Crippen LogP contribution is -2.22. The SMILES string of the molecule is CCC1(CC(=O)C(C)C)CCCC1. The van der Waals surface area contributed by atoms with Crippen molar-refractivity contribution in [3.63, 3.8) is 0 Å². The molecule has 1 saturated carbocycles. The third-order valence-electron chi connectivity index (χ3n) is 3.61. The summed E-state index contributed by atoms with van der Waals surface area (Å²) in [5.41, 5.74) is 0.390. The van der Waals surface area contributed by atoms with Crippen LogP contribution in [0, 0.1) is 11.3 Å². The summed E-state index contributed by atoms with van der Waals surface area (Å²) < 4.78 is 0. The van der Waals surface area contributed by atoms with E-state index in [9.17, 15) is 4.79 Å². The van der Waals surface area contributed by atoms with Gasteiger partial charge in [0.25, 0.3) is 0 Å². The van der Waals surface area contributed by atoms with Crippen molar-refractivity contribution in [3.8, 4) is 0 Å². The van der Waals surface area contributed by atoms with E-state index >= 15 is 0 Å². The number of hydrogen-bond acceptors (Lipinski definition) is 1. The van der Waals surface area contributed by atoms with Crippen molar-refractivity contribution in [3.05, 3.63) is 0 Å². The van der Waals surface area contributed by atoms with Crippen LogP contribution < -0.4 is 0 Å². The molecule has 1 aliphatic rings. The van der Waals surface area contributed by atoms with E-state index in [1.54, 1.807) is 0 Å². The molecule has 0 unspecified atom stereocenters. The monoisotopic (exact) mass is 182 g/mol. The van der Waals surface area contributed by atoms with Gasteiger partial charge in [-0.2, -0.15) is 0 Å². The Hall–Kier alpha value is -0.330. The van der Waals surface area contributed by atoms with Crippen LogP contribution in [0.15, 0.2) is 0 Å². The molecule has 0 saturated heterocycles. The first-order valence-corrected chi connectivity index (χ1v) is 5.62. The first-order valence-electron chi connectivity index (χ1n) is 5.62. The number of carbonyl (C=O) groups is 1. The number of rotatable bonds is 4. The molecule has 1 nitrogen and oxygen atoms in total. The van der Waals surface area contributed by atoms with Gasteiger partial charge < -0.3 is 0 Å². The molecule has 0 amide bonds. The molecule has 1 fully saturated rings. The quantitative estimate of drug-likeness (QED) is 0.649. The van der Waals surface area contributed by atoms with Gasteiger partial charge in [0, 0.05) is 12.3 Å². The third-order valence-corrected chi connectivity index (χ3v) is 3.61. The molecule has 0 atom stereocenters. The van der Waals surface area contributed by atoms with Crippen LogP contribution in [-0.2, 0) is 4.79 Å². The molecule has 0 spiro atoms. The lowest BCUT2D eigenvalue weighted by atomic mass is 9.77. The fraction of sp³-hybridized carbons (Fsp3) is 0.917. The summed E-state index contributed by atoms with van der Waals surface area (Å²) >= 11 is 0. The van der Waals surface area contributed by atoms with Crippen molar-refractivity contribution in [2.24, 2.45) is 11.3 Å². The highest BCUT2D eigenvalue weighted by Gasteiger charge is 2.34. The van der Waals surface area contributed by atoms with Crippen molar-refractivity contribution in [2.75, 3.05) is 0 Å². The van der Waals surface area contributed by atoms with Gasteiger partial charge in [-0.25, -0.2) is 0 Å². The van der Waals surface area contributed by atoms with E-state index in [-0.39, 0.29) is 5.92 Å². The third kappa shape index (κ3) is 2.55.